The molecule has 20 atom stereocenters. The molecule has 0 bridgehead atoms. The largest absolute Gasteiger partial charge is 0.448 e. The average molecular weight is 1220 g/mol. The molecule has 22 heteroatoms. The highest BCUT2D eigenvalue weighted by atomic mass is 127. The van der Waals surface area contributed by atoms with Crippen LogP contribution < -0.4 is 0 Å². The number of methoxy groups -OCH3 is 1. The summed E-state index contributed by atoms with van der Waals surface area (Å²) in [6, 6.07) is 5.71. The molecule has 3 aliphatic heterocycles. The molecule has 0 spiro atoms. The number of likely N-dealkylation sites (N-methyl/N-ethyl adjacent to an activating group) is 2. The van der Waals surface area contributed by atoms with E-state index in [0.717, 1.165) is 29.8 Å². The van der Waals surface area contributed by atoms with Crippen molar-refractivity contribution in [3.63, 3.8) is 0 Å². The Hall–Kier alpha value is -2.85. The average Bonchev–Trinajstić information content (AvgIpc) is 4.08. The van der Waals surface area contributed by atoms with E-state index in [4.69, 9.17) is 28.4 Å². The number of aliphatic hydroxyl groups is 5. The predicted molar refractivity (Wildman–Crippen MR) is 298 cm³/mol. The number of aromatic nitrogens is 6. The zero-order valence-corrected chi connectivity index (χ0v) is 50.8. The van der Waals surface area contributed by atoms with Crippen molar-refractivity contribution >= 4 is 28.6 Å². The minimum Gasteiger partial charge on any atom is -0.448 e. The number of carbonyl (C=O) groups excluding carboxylic acids is 1. The zero-order valence-electron chi connectivity index (χ0n) is 48.6. The third-order valence-electron chi connectivity index (χ3n) is 16.9. The second-order valence-electron chi connectivity index (χ2n) is 24.3. The number of benzene rings is 1. The summed E-state index contributed by atoms with van der Waals surface area (Å²) in [5, 5.41) is 76.9. The first-order valence-electron chi connectivity index (χ1n) is 27.9. The number of esters is 1. The lowest BCUT2D eigenvalue weighted by Crippen LogP contribution is -2.60. The van der Waals surface area contributed by atoms with E-state index in [1.54, 1.807) is 45.7 Å². The summed E-state index contributed by atoms with van der Waals surface area (Å²) in [6.07, 6.45) is -2.32. The van der Waals surface area contributed by atoms with Gasteiger partial charge in [0.05, 0.1) is 65.3 Å². The molecule has 0 aliphatic carbocycles. The van der Waals surface area contributed by atoms with E-state index in [2.05, 4.69) is 34.5 Å². The third-order valence-corrected chi connectivity index (χ3v) is 18.5. The standard InChI is InChI=1S/C56H92FIN8O12/c1-16-17-32(3)41-30-65(62-60-41)40-20-18-38(19-21-40)47(73-15)43(27-57)66-29-39(59-61-66)22-23-63(13)42-24-33(4)74-52(45(42)67)77-50-34(5)46(76-44-26-54(9,10)49(69)37(8)75-44)35(6)51(70)78-53(58)56(12,72)48(68)36(7)64(14)28-31(2)25-55(50,11)71/h18-21,29-37,42-50,52-53,67-69,71-72H,16-17,22-28H2,1-15H3/t31-,32?,33-,34+,35-,36-,37+,42+,43-,44+,45-,46+,47-,48-,49+,50-,52+,53+,55-,56+/m1/s1. The molecular weight excluding hydrogens is 1120 g/mol. The summed E-state index contributed by atoms with van der Waals surface area (Å²) in [7, 11) is 5.26. The first-order chi connectivity index (χ1) is 36.5. The minimum atomic E-state index is -1.86. The van der Waals surface area contributed by atoms with Gasteiger partial charge in [-0.3, -0.25) is 4.79 Å². The summed E-state index contributed by atoms with van der Waals surface area (Å²) in [5.74, 6) is -2.50. The molecule has 5 N–H and O–H groups in total. The molecule has 2 aromatic heterocycles. The van der Waals surface area contributed by atoms with E-state index < -0.39 is 125 Å². The van der Waals surface area contributed by atoms with Crippen LogP contribution in [-0.4, -0.2) is 195 Å². The Morgan fingerprint density at radius 3 is 2.26 bits per heavy atom. The number of ether oxygens (including phenoxy) is 6. The van der Waals surface area contributed by atoms with Gasteiger partial charge in [-0.05, 0) is 127 Å². The Labute approximate surface area is 475 Å². The number of halogens is 2. The molecule has 442 valence electrons. The summed E-state index contributed by atoms with van der Waals surface area (Å²) in [6.45, 7) is 22.2. The first kappa shape index (κ1) is 64.3. The quantitative estimate of drug-likeness (QED) is 0.0583. The van der Waals surface area contributed by atoms with Crippen LogP contribution in [0.25, 0.3) is 5.69 Å². The van der Waals surface area contributed by atoms with Crippen molar-refractivity contribution in [1.82, 2.24) is 39.8 Å². The fraction of sp³-hybridized carbons (Fsp3) is 0.804. The fourth-order valence-electron chi connectivity index (χ4n) is 12.0. The Morgan fingerprint density at radius 2 is 1.63 bits per heavy atom. The molecule has 5 heterocycles. The van der Waals surface area contributed by atoms with Gasteiger partial charge >= 0.3 is 5.97 Å². The highest BCUT2D eigenvalue weighted by molar-refractivity contribution is 14.1. The van der Waals surface area contributed by atoms with E-state index in [9.17, 15) is 30.3 Å². The van der Waals surface area contributed by atoms with Crippen molar-refractivity contribution < 1.29 is 63.1 Å². The summed E-state index contributed by atoms with van der Waals surface area (Å²) < 4.78 is 55.4. The highest BCUT2D eigenvalue weighted by Crippen LogP contribution is 2.42. The van der Waals surface area contributed by atoms with Crippen LogP contribution in [0.5, 0.6) is 0 Å². The number of alkyl halides is 2. The molecule has 3 aromatic rings. The topological polar surface area (TPSA) is 241 Å². The lowest BCUT2D eigenvalue weighted by molar-refractivity contribution is -0.312. The first-order valence-corrected chi connectivity index (χ1v) is 29.2. The van der Waals surface area contributed by atoms with E-state index in [1.165, 1.54) is 11.6 Å². The van der Waals surface area contributed by atoms with Crippen molar-refractivity contribution in [2.75, 3.05) is 41.0 Å². The molecule has 0 amide bonds. The Kier molecular flexibility index (Phi) is 22.3. The maximum atomic E-state index is 15.0. The van der Waals surface area contributed by atoms with Gasteiger partial charge in [-0.1, -0.05) is 70.5 Å². The lowest BCUT2D eigenvalue weighted by Gasteiger charge is -2.48. The maximum Gasteiger partial charge on any atom is 0.312 e. The van der Waals surface area contributed by atoms with E-state index >= 15 is 4.39 Å². The van der Waals surface area contributed by atoms with Crippen molar-refractivity contribution in [2.24, 2.45) is 23.2 Å². The van der Waals surface area contributed by atoms with Gasteiger partial charge < -0.3 is 63.8 Å². The van der Waals surface area contributed by atoms with Gasteiger partial charge in [0, 0.05) is 63.2 Å². The van der Waals surface area contributed by atoms with Crippen LogP contribution in [0, 0.1) is 23.2 Å². The fourth-order valence-corrected chi connectivity index (χ4v) is 12.6. The summed E-state index contributed by atoms with van der Waals surface area (Å²) >= 11 is 1.83. The third kappa shape index (κ3) is 15.0. The molecule has 0 radical (unpaired) electrons. The second-order valence-corrected chi connectivity index (χ2v) is 25.4. The molecule has 20 nitrogen and oxygen atoms in total. The van der Waals surface area contributed by atoms with Gasteiger partial charge in [0.1, 0.15) is 36.6 Å². The maximum absolute atomic E-state index is 15.0. The normalized spacial score (nSPS) is 37.1. The van der Waals surface area contributed by atoms with Crippen molar-refractivity contribution in [3.05, 3.63) is 53.6 Å². The monoisotopic (exact) mass is 1210 g/mol. The Bertz CT molecular complexity index is 2350. The van der Waals surface area contributed by atoms with Gasteiger partial charge in [-0.15, -0.1) is 10.2 Å². The lowest BCUT2D eigenvalue weighted by atomic mass is 9.77. The van der Waals surface area contributed by atoms with Crippen molar-refractivity contribution in [3.8, 4) is 5.69 Å². The number of hydrogen-bond acceptors (Lipinski definition) is 18. The van der Waals surface area contributed by atoms with Crippen LogP contribution in [0.3, 0.4) is 0 Å². The number of cyclic esters (lactones) is 1. The summed E-state index contributed by atoms with van der Waals surface area (Å²) in [5.41, 5.74) is -1.01. The van der Waals surface area contributed by atoms with E-state index in [1.807, 2.05) is 112 Å². The van der Waals surface area contributed by atoms with Crippen LogP contribution in [0.15, 0.2) is 36.7 Å². The predicted octanol–water partition coefficient (Wildman–Crippen LogP) is 6.09. The van der Waals surface area contributed by atoms with Crippen molar-refractivity contribution in [1.29, 1.82) is 0 Å². The van der Waals surface area contributed by atoms with Crippen LogP contribution >= 0.6 is 22.6 Å². The van der Waals surface area contributed by atoms with Crippen LogP contribution in [0.1, 0.15) is 150 Å². The van der Waals surface area contributed by atoms with Crippen LogP contribution in [-0.2, 0) is 39.6 Å². The molecule has 1 unspecified atom stereocenters. The molecule has 78 heavy (non-hydrogen) atoms. The van der Waals surface area contributed by atoms with Crippen molar-refractivity contribution in [2.45, 2.75) is 222 Å². The molecule has 0 saturated carbocycles. The molecule has 1 aromatic carbocycles. The Morgan fingerprint density at radius 1 is 0.949 bits per heavy atom. The molecule has 3 saturated heterocycles. The number of hydrogen-bond donors (Lipinski definition) is 5. The summed E-state index contributed by atoms with van der Waals surface area (Å²) in [4.78, 5) is 18.3. The number of carbonyl (C=O) groups is 1. The van der Waals surface area contributed by atoms with Gasteiger partial charge in [0.2, 0.25) is 0 Å². The van der Waals surface area contributed by atoms with E-state index in [-0.39, 0.29) is 18.8 Å². The minimum absolute atomic E-state index is 0.175. The smallest absolute Gasteiger partial charge is 0.312 e. The van der Waals surface area contributed by atoms with Gasteiger partial charge in [-0.25, -0.2) is 13.8 Å². The highest BCUT2D eigenvalue weighted by Gasteiger charge is 2.52. The van der Waals surface area contributed by atoms with E-state index in [0.29, 0.717) is 37.5 Å². The Balaban J connectivity index is 1.22. The molecule has 6 rings (SSSR count). The van der Waals surface area contributed by atoms with Crippen LogP contribution in [0.2, 0.25) is 0 Å². The number of aliphatic hydroxyl groups excluding tert-OH is 3. The van der Waals surface area contributed by atoms with Crippen LogP contribution in [0.4, 0.5) is 4.39 Å². The van der Waals surface area contributed by atoms with Gasteiger partial charge in [-0.2, -0.15) is 0 Å². The zero-order chi connectivity index (χ0) is 57.8. The number of rotatable bonds is 17. The second kappa shape index (κ2) is 27.0. The molecule has 3 aliphatic rings. The van der Waals surface area contributed by atoms with Gasteiger partial charge in [0.15, 0.2) is 16.7 Å². The SMILES string of the molecule is CCCC(C)c1cn(-c2ccc([C@@H](OC)[C@@H](CF)n3cc(CCN(C)[C@H]4C[C@@H](C)O[C@@H](O[C@@H]5[C@@H](C)[C@H](O[C@H]6CC(C)(C)[C@@H](O)[C@H](C)O6)[C@@H](C)C(=O)O[C@H](I)[C@@](C)(O)[C@H](O)[C@@H](C)N(C)C[C@H](C)C[C@@]5(C)O)[C@@H]4O)nn3)cc2)nn1. The molecular formula is C56H92FIN8O12. The van der Waals surface area contributed by atoms with Gasteiger partial charge in [0.25, 0.3) is 0 Å². The molecule has 3 fully saturated rings. The number of nitrogens with zero attached hydrogens (tertiary/aromatic N) is 8.